The van der Waals surface area contributed by atoms with E-state index >= 15 is 0 Å². The van der Waals surface area contributed by atoms with Gasteiger partial charge >= 0.3 is 5.97 Å². The van der Waals surface area contributed by atoms with Crippen LogP contribution in [-0.4, -0.2) is 23.2 Å². The van der Waals surface area contributed by atoms with Gasteiger partial charge in [0.2, 0.25) is 0 Å². The lowest BCUT2D eigenvalue weighted by atomic mass is 9.94. The average molecular weight is 261 g/mol. The Morgan fingerprint density at radius 1 is 1.21 bits per heavy atom. The molecule has 19 heavy (non-hydrogen) atoms. The SMILES string of the molecule is O=C(O)C(CCc1ccccc1)NC1CCCCC1. The van der Waals surface area contributed by atoms with Gasteiger partial charge in [-0.1, -0.05) is 49.6 Å². The molecule has 0 bridgehead atoms. The van der Waals surface area contributed by atoms with Gasteiger partial charge < -0.3 is 10.4 Å². The Bertz CT molecular complexity index is 385. The molecule has 0 saturated heterocycles. The second-order valence-corrected chi connectivity index (χ2v) is 5.42. The molecule has 3 nitrogen and oxygen atoms in total. The minimum Gasteiger partial charge on any atom is -0.480 e. The van der Waals surface area contributed by atoms with Crippen LogP contribution in [0.2, 0.25) is 0 Å². The largest absolute Gasteiger partial charge is 0.480 e. The van der Waals surface area contributed by atoms with Gasteiger partial charge in [-0.3, -0.25) is 4.79 Å². The van der Waals surface area contributed by atoms with Gasteiger partial charge in [0.15, 0.2) is 0 Å². The molecule has 1 saturated carbocycles. The fourth-order valence-electron chi connectivity index (χ4n) is 2.79. The highest BCUT2D eigenvalue weighted by molar-refractivity contribution is 5.73. The number of carbonyl (C=O) groups is 1. The zero-order valence-electron chi connectivity index (χ0n) is 11.3. The fourth-order valence-corrected chi connectivity index (χ4v) is 2.79. The summed E-state index contributed by atoms with van der Waals surface area (Å²) in [5, 5.41) is 12.6. The van der Waals surface area contributed by atoms with Crippen molar-refractivity contribution in [3.8, 4) is 0 Å². The minimum absolute atomic E-state index is 0.394. The molecule has 0 spiro atoms. The molecule has 0 aromatic heterocycles. The van der Waals surface area contributed by atoms with E-state index in [-0.39, 0.29) is 0 Å². The van der Waals surface area contributed by atoms with E-state index in [4.69, 9.17) is 0 Å². The Kier molecular flexibility index (Phi) is 5.40. The Hall–Kier alpha value is -1.35. The summed E-state index contributed by atoms with van der Waals surface area (Å²) < 4.78 is 0. The van der Waals surface area contributed by atoms with E-state index in [0.29, 0.717) is 12.5 Å². The van der Waals surface area contributed by atoms with Crippen LogP contribution in [0.4, 0.5) is 0 Å². The maximum atomic E-state index is 11.3. The van der Waals surface area contributed by atoms with Crippen LogP contribution in [0.5, 0.6) is 0 Å². The van der Waals surface area contributed by atoms with E-state index < -0.39 is 12.0 Å². The molecule has 1 atom stereocenters. The van der Waals surface area contributed by atoms with Gasteiger partial charge in [0.25, 0.3) is 0 Å². The van der Waals surface area contributed by atoms with Gasteiger partial charge in [-0.25, -0.2) is 0 Å². The van der Waals surface area contributed by atoms with Crippen LogP contribution in [-0.2, 0) is 11.2 Å². The smallest absolute Gasteiger partial charge is 0.320 e. The molecule has 1 aliphatic carbocycles. The molecule has 2 rings (SSSR count). The lowest BCUT2D eigenvalue weighted by molar-refractivity contribution is -0.140. The molecule has 1 aromatic carbocycles. The van der Waals surface area contributed by atoms with E-state index in [0.717, 1.165) is 19.3 Å². The van der Waals surface area contributed by atoms with Crippen molar-refractivity contribution in [1.82, 2.24) is 5.32 Å². The van der Waals surface area contributed by atoms with Gasteiger partial charge in [-0.15, -0.1) is 0 Å². The summed E-state index contributed by atoms with van der Waals surface area (Å²) in [7, 11) is 0. The van der Waals surface area contributed by atoms with Crippen molar-refractivity contribution in [2.24, 2.45) is 0 Å². The molecule has 1 fully saturated rings. The first-order chi connectivity index (χ1) is 9.25. The molecule has 0 radical (unpaired) electrons. The molecule has 0 aliphatic heterocycles. The zero-order chi connectivity index (χ0) is 13.5. The second-order valence-electron chi connectivity index (χ2n) is 5.42. The number of hydrogen-bond donors (Lipinski definition) is 2. The minimum atomic E-state index is -0.721. The quantitative estimate of drug-likeness (QED) is 0.827. The van der Waals surface area contributed by atoms with Gasteiger partial charge in [-0.05, 0) is 31.2 Å². The zero-order valence-corrected chi connectivity index (χ0v) is 11.3. The molecule has 2 N–H and O–H groups in total. The lowest BCUT2D eigenvalue weighted by Gasteiger charge is -2.26. The highest BCUT2D eigenvalue weighted by Crippen LogP contribution is 2.18. The summed E-state index contributed by atoms with van der Waals surface area (Å²) in [6, 6.07) is 10.1. The third-order valence-electron chi connectivity index (χ3n) is 3.90. The number of nitrogens with one attached hydrogen (secondary N) is 1. The second kappa shape index (κ2) is 7.29. The highest BCUT2D eigenvalue weighted by Gasteiger charge is 2.22. The summed E-state index contributed by atoms with van der Waals surface area (Å²) in [5.74, 6) is -0.721. The summed E-state index contributed by atoms with van der Waals surface area (Å²) in [6.45, 7) is 0. The number of aryl methyl sites for hydroxylation is 1. The average Bonchev–Trinajstić information content (AvgIpc) is 2.45. The predicted molar refractivity (Wildman–Crippen MR) is 76.2 cm³/mol. The van der Waals surface area contributed by atoms with Crippen molar-refractivity contribution in [3.63, 3.8) is 0 Å². The first-order valence-corrected chi connectivity index (χ1v) is 7.28. The molecular weight excluding hydrogens is 238 g/mol. The van der Waals surface area contributed by atoms with Crippen molar-refractivity contribution in [3.05, 3.63) is 35.9 Å². The first kappa shape index (κ1) is 14.1. The first-order valence-electron chi connectivity index (χ1n) is 7.28. The fraction of sp³-hybridized carbons (Fsp3) is 0.562. The number of hydrogen-bond acceptors (Lipinski definition) is 2. The van der Waals surface area contributed by atoms with Gasteiger partial charge in [0, 0.05) is 6.04 Å². The highest BCUT2D eigenvalue weighted by atomic mass is 16.4. The molecule has 1 aliphatic rings. The predicted octanol–water partition coefficient (Wildman–Crippen LogP) is 2.99. The lowest BCUT2D eigenvalue weighted by Crippen LogP contribution is -2.44. The van der Waals surface area contributed by atoms with Crippen LogP contribution in [0.25, 0.3) is 0 Å². The maximum Gasteiger partial charge on any atom is 0.320 e. The van der Waals surface area contributed by atoms with Gasteiger partial charge in [0.05, 0.1) is 0 Å². The monoisotopic (exact) mass is 261 g/mol. The molecule has 1 unspecified atom stereocenters. The number of carboxylic acids is 1. The number of aliphatic carboxylic acids is 1. The van der Waals surface area contributed by atoms with E-state index in [1.807, 2.05) is 18.2 Å². The summed E-state index contributed by atoms with van der Waals surface area (Å²) in [6.07, 6.45) is 7.46. The van der Waals surface area contributed by atoms with Crippen molar-refractivity contribution in [2.75, 3.05) is 0 Å². The normalized spacial score (nSPS) is 18.1. The number of carboxylic acid groups (broad SMARTS) is 1. The van der Waals surface area contributed by atoms with Crippen LogP contribution < -0.4 is 5.32 Å². The summed E-state index contributed by atoms with van der Waals surface area (Å²) >= 11 is 0. The van der Waals surface area contributed by atoms with Crippen LogP contribution in [0.1, 0.15) is 44.1 Å². The van der Waals surface area contributed by atoms with Crippen LogP contribution >= 0.6 is 0 Å². The van der Waals surface area contributed by atoms with E-state index in [9.17, 15) is 9.90 Å². The molecule has 0 amide bonds. The van der Waals surface area contributed by atoms with E-state index in [2.05, 4.69) is 17.4 Å². The maximum absolute atomic E-state index is 11.3. The van der Waals surface area contributed by atoms with Crippen LogP contribution in [0, 0.1) is 0 Å². The standard InChI is InChI=1S/C16H23NO2/c18-16(19)15(17-14-9-5-2-6-10-14)12-11-13-7-3-1-4-8-13/h1,3-4,7-8,14-15,17H,2,5-6,9-12H2,(H,18,19). The van der Waals surface area contributed by atoms with Crippen molar-refractivity contribution < 1.29 is 9.90 Å². The topological polar surface area (TPSA) is 49.3 Å². The number of benzene rings is 1. The van der Waals surface area contributed by atoms with E-state index in [1.54, 1.807) is 0 Å². The van der Waals surface area contributed by atoms with Crippen molar-refractivity contribution in [2.45, 2.75) is 57.0 Å². The molecule has 1 aromatic rings. The van der Waals surface area contributed by atoms with Crippen molar-refractivity contribution in [1.29, 1.82) is 0 Å². The third-order valence-corrected chi connectivity index (χ3v) is 3.90. The van der Waals surface area contributed by atoms with Crippen LogP contribution in [0.15, 0.2) is 30.3 Å². The summed E-state index contributed by atoms with van der Waals surface area (Å²) in [4.78, 5) is 11.3. The third kappa shape index (κ3) is 4.67. The summed E-state index contributed by atoms with van der Waals surface area (Å²) in [5.41, 5.74) is 1.21. The Morgan fingerprint density at radius 3 is 2.53 bits per heavy atom. The Labute approximate surface area is 115 Å². The van der Waals surface area contributed by atoms with Crippen LogP contribution in [0.3, 0.4) is 0 Å². The molecular formula is C16H23NO2. The Morgan fingerprint density at radius 2 is 1.89 bits per heavy atom. The van der Waals surface area contributed by atoms with Gasteiger partial charge in [-0.2, -0.15) is 0 Å². The molecule has 0 heterocycles. The molecule has 3 heteroatoms. The molecule has 104 valence electrons. The van der Waals surface area contributed by atoms with E-state index in [1.165, 1.54) is 24.8 Å². The Balaban J connectivity index is 1.83. The van der Waals surface area contributed by atoms with Crippen molar-refractivity contribution >= 4 is 5.97 Å². The van der Waals surface area contributed by atoms with Gasteiger partial charge in [0.1, 0.15) is 6.04 Å². The number of rotatable bonds is 6.